The van der Waals surface area contributed by atoms with Crippen LogP contribution in [-0.2, 0) is 16.4 Å². The van der Waals surface area contributed by atoms with Gasteiger partial charge in [-0.2, -0.15) is 4.31 Å². The second kappa shape index (κ2) is 11.1. The van der Waals surface area contributed by atoms with Gasteiger partial charge in [0.15, 0.2) is 11.3 Å². The first kappa shape index (κ1) is 25.9. The fraction of sp³-hybridized carbons (Fsp3) is 0.522. The highest BCUT2D eigenvalue weighted by Crippen LogP contribution is 2.31. The Labute approximate surface area is 199 Å². The summed E-state index contributed by atoms with van der Waals surface area (Å²) in [6, 6.07) is 4.52. The molecule has 0 bridgehead atoms. The molecule has 0 fully saturated rings. The molecule has 11 heteroatoms. The number of imidazole rings is 1. The third kappa shape index (κ3) is 5.16. The number of hydrogen-bond acceptors (Lipinski definition) is 7. The molecular weight excluding hydrogens is 458 g/mol. The first-order valence-corrected chi connectivity index (χ1v) is 13.1. The van der Waals surface area contributed by atoms with Gasteiger partial charge in [-0.3, -0.25) is 4.79 Å². The largest absolute Gasteiger partial charge is 0.493 e. The smallest absolute Gasteiger partial charge is 0.277 e. The van der Waals surface area contributed by atoms with Gasteiger partial charge in [-0.25, -0.2) is 17.9 Å². The minimum absolute atomic E-state index is 0.0152. The normalized spacial score (nSPS) is 12.1. The number of sulfonamides is 1. The first-order valence-electron chi connectivity index (χ1n) is 11.6. The monoisotopic (exact) mass is 491 g/mol. The van der Waals surface area contributed by atoms with Crippen LogP contribution in [0.1, 0.15) is 51.6 Å². The first-order chi connectivity index (χ1) is 16.3. The SMILES string of the molecule is CCCCOc1ccc(S(=O)(=O)N(CC)CCO)cc1-c1nn2c(CCC)nc(C)c2c(=O)[nH]1. The Bertz CT molecular complexity index is 1300. The van der Waals surface area contributed by atoms with E-state index in [0.717, 1.165) is 19.3 Å². The van der Waals surface area contributed by atoms with Gasteiger partial charge in [0.2, 0.25) is 10.0 Å². The van der Waals surface area contributed by atoms with Crippen LogP contribution < -0.4 is 10.3 Å². The molecule has 34 heavy (non-hydrogen) atoms. The molecule has 2 heterocycles. The van der Waals surface area contributed by atoms with Crippen LogP contribution in [0.2, 0.25) is 0 Å². The lowest BCUT2D eigenvalue weighted by atomic mass is 10.2. The number of fused-ring (bicyclic) bond motifs is 1. The Balaban J connectivity index is 2.21. The molecule has 3 aromatic rings. The number of unbranched alkanes of at least 4 members (excludes halogenated alkanes) is 1. The fourth-order valence-electron chi connectivity index (χ4n) is 3.76. The van der Waals surface area contributed by atoms with Crippen molar-refractivity contribution in [3.05, 3.63) is 40.1 Å². The summed E-state index contributed by atoms with van der Waals surface area (Å²) in [5.74, 6) is 1.29. The number of nitrogens with zero attached hydrogens (tertiary/aromatic N) is 4. The quantitative estimate of drug-likeness (QED) is 0.372. The average Bonchev–Trinajstić information content (AvgIpc) is 3.13. The molecule has 0 aliphatic rings. The number of aromatic nitrogens is 4. The van der Waals surface area contributed by atoms with Crippen LogP contribution in [0.15, 0.2) is 27.9 Å². The lowest BCUT2D eigenvalue weighted by Crippen LogP contribution is -2.33. The molecule has 0 saturated heterocycles. The maximum absolute atomic E-state index is 13.2. The van der Waals surface area contributed by atoms with Crippen molar-refractivity contribution >= 4 is 15.5 Å². The number of ether oxygens (including phenoxy) is 1. The van der Waals surface area contributed by atoms with Crippen molar-refractivity contribution in [1.82, 2.24) is 23.9 Å². The van der Waals surface area contributed by atoms with E-state index in [1.165, 1.54) is 21.0 Å². The van der Waals surface area contributed by atoms with Crippen LogP contribution in [-0.4, -0.2) is 63.7 Å². The lowest BCUT2D eigenvalue weighted by molar-refractivity contribution is 0.257. The molecule has 10 nitrogen and oxygen atoms in total. The summed E-state index contributed by atoms with van der Waals surface area (Å²) in [5, 5.41) is 13.9. The molecular formula is C23H33N5O5S. The van der Waals surface area contributed by atoms with Gasteiger partial charge in [-0.05, 0) is 38.0 Å². The molecule has 0 aliphatic heterocycles. The van der Waals surface area contributed by atoms with Gasteiger partial charge in [0.25, 0.3) is 5.56 Å². The van der Waals surface area contributed by atoms with E-state index in [1.54, 1.807) is 19.9 Å². The van der Waals surface area contributed by atoms with E-state index in [1.807, 2.05) is 13.8 Å². The summed E-state index contributed by atoms with van der Waals surface area (Å²) in [5.41, 5.74) is 0.956. The zero-order chi connectivity index (χ0) is 24.9. The highest BCUT2D eigenvalue weighted by molar-refractivity contribution is 7.89. The minimum Gasteiger partial charge on any atom is -0.493 e. The van der Waals surface area contributed by atoms with E-state index in [-0.39, 0.29) is 36.0 Å². The van der Waals surface area contributed by atoms with Crippen molar-refractivity contribution in [1.29, 1.82) is 0 Å². The van der Waals surface area contributed by atoms with Crippen LogP contribution in [0.25, 0.3) is 16.9 Å². The van der Waals surface area contributed by atoms with Crippen LogP contribution >= 0.6 is 0 Å². The Morgan fingerprint density at radius 3 is 2.62 bits per heavy atom. The predicted octanol–water partition coefficient (Wildman–Crippen LogP) is 2.53. The molecule has 2 N–H and O–H groups in total. The van der Waals surface area contributed by atoms with Gasteiger partial charge in [0, 0.05) is 19.5 Å². The van der Waals surface area contributed by atoms with Crippen molar-refractivity contribution in [3.8, 4) is 17.1 Å². The molecule has 1 aromatic carbocycles. The second-order valence-electron chi connectivity index (χ2n) is 8.01. The van der Waals surface area contributed by atoms with E-state index in [9.17, 15) is 18.3 Å². The predicted molar refractivity (Wildman–Crippen MR) is 130 cm³/mol. The van der Waals surface area contributed by atoms with Crippen molar-refractivity contribution < 1.29 is 18.3 Å². The third-order valence-electron chi connectivity index (χ3n) is 5.52. The van der Waals surface area contributed by atoms with Crippen LogP contribution in [0.3, 0.4) is 0 Å². The van der Waals surface area contributed by atoms with Crippen molar-refractivity contribution in [2.24, 2.45) is 0 Å². The molecule has 2 aromatic heterocycles. The topological polar surface area (TPSA) is 130 Å². The molecule has 0 atom stereocenters. The molecule has 3 rings (SSSR count). The second-order valence-corrected chi connectivity index (χ2v) is 9.94. The number of aryl methyl sites for hydroxylation is 2. The Morgan fingerprint density at radius 1 is 1.21 bits per heavy atom. The number of aromatic amines is 1. The standard InChI is InChI=1S/C23H33N5O5S/c1-5-8-14-33-19-11-10-17(34(31,32)27(7-3)12-13-29)15-18(19)22-25-23(30)21-16(4)24-20(9-6-2)28(21)26-22/h10-11,15,29H,5-9,12-14H2,1-4H3,(H,25,26,30). The zero-order valence-electron chi connectivity index (χ0n) is 20.2. The van der Waals surface area contributed by atoms with E-state index in [2.05, 4.69) is 15.1 Å². The molecule has 0 saturated carbocycles. The lowest BCUT2D eigenvalue weighted by Gasteiger charge is -2.20. The summed E-state index contributed by atoms with van der Waals surface area (Å²) < 4.78 is 35.1. The van der Waals surface area contributed by atoms with Gasteiger partial charge < -0.3 is 14.8 Å². The Hall–Kier alpha value is -2.76. The molecule has 0 radical (unpaired) electrons. The Morgan fingerprint density at radius 2 is 1.97 bits per heavy atom. The van der Waals surface area contributed by atoms with E-state index in [0.29, 0.717) is 41.4 Å². The van der Waals surface area contributed by atoms with Crippen LogP contribution in [0, 0.1) is 6.92 Å². The zero-order valence-corrected chi connectivity index (χ0v) is 21.0. The molecule has 0 unspecified atom stereocenters. The average molecular weight is 492 g/mol. The summed E-state index contributed by atoms with van der Waals surface area (Å²) in [6.07, 6.45) is 3.24. The minimum atomic E-state index is -3.87. The van der Waals surface area contributed by atoms with Gasteiger partial charge in [0.1, 0.15) is 11.6 Å². The van der Waals surface area contributed by atoms with Crippen molar-refractivity contribution in [2.75, 3.05) is 26.3 Å². The maximum atomic E-state index is 13.2. The van der Waals surface area contributed by atoms with E-state index < -0.39 is 10.0 Å². The van der Waals surface area contributed by atoms with Crippen LogP contribution in [0.5, 0.6) is 5.75 Å². The highest BCUT2D eigenvalue weighted by atomic mass is 32.2. The summed E-state index contributed by atoms with van der Waals surface area (Å²) >= 11 is 0. The molecule has 186 valence electrons. The number of H-pyrrole nitrogens is 1. The highest BCUT2D eigenvalue weighted by Gasteiger charge is 2.25. The van der Waals surface area contributed by atoms with Crippen LogP contribution in [0.4, 0.5) is 0 Å². The summed E-state index contributed by atoms with van der Waals surface area (Å²) in [7, 11) is -3.87. The van der Waals surface area contributed by atoms with E-state index in [4.69, 9.17) is 4.74 Å². The number of likely N-dealkylation sites (N-methyl/N-ethyl adjacent to an activating group) is 1. The Kier molecular flexibility index (Phi) is 8.45. The van der Waals surface area contributed by atoms with Crippen molar-refractivity contribution in [3.63, 3.8) is 0 Å². The van der Waals surface area contributed by atoms with Gasteiger partial charge >= 0.3 is 0 Å². The van der Waals surface area contributed by atoms with Gasteiger partial charge in [-0.15, -0.1) is 5.10 Å². The number of hydrogen-bond donors (Lipinski definition) is 2. The number of benzene rings is 1. The van der Waals surface area contributed by atoms with Crippen molar-refractivity contribution in [2.45, 2.75) is 58.3 Å². The molecule has 0 aliphatic carbocycles. The fourth-order valence-corrected chi connectivity index (χ4v) is 5.23. The van der Waals surface area contributed by atoms with Gasteiger partial charge in [-0.1, -0.05) is 27.2 Å². The maximum Gasteiger partial charge on any atom is 0.277 e. The third-order valence-corrected chi connectivity index (χ3v) is 7.49. The number of rotatable bonds is 12. The number of aliphatic hydroxyl groups excluding tert-OH is 1. The van der Waals surface area contributed by atoms with Gasteiger partial charge in [0.05, 0.1) is 29.4 Å². The number of nitrogens with one attached hydrogen (secondary N) is 1. The number of aliphatic hydroxyl groups is 1. The molecule has 0 amide bonds. The summed E-state index contributed by atoms with van der Waals surface area (Å²) in [6.45, 7) is 7.89. The molecule has 0 spiro atoms. The summed E-state index contributed by atoms with van der Waals surface area (Å²) in [4.78, 5) is 20.3. The van der Waals surface area contributed by atoms with E-state index >= 15 is 0 Å².